The lowest BCUT2D eigenvalue weighted by Crippen LogP contribution is -2.50. The van der Waals surface area contributed by atoms with Crippen LogP contribution in [0, 0.1) is 5.92 Å². The third-order valence-corrected chi connectivity index (χ3v) is 4.35. The van der Waals surface area contributed by atoms with Gasteiger partial charge >= 0.3 is 0 Å². The molecule has 5 nitrogen and oxygen atoms in total. The van der Waals surface area contributed by atoms with Crippen LogP contribution in [0.15, 0.2) is 34.9 Å². The van der Waals surface area contributed by atoms with E-state index in [2.05, 4.69) is 24.0 Å². The molecular weight excluding hydrogens is 278 g/mol. The van der Waals surface area contributed by atoms with E-state index in [-0.39, 0.29) is 17.7 Å². The lowest BCUT2D eigenvalue weighted by Gasteiger charge is -2.39. The molecule has 0 saturated carbocycles. The molecule has 1 aliphatic rings. The molecule has 1 aromatic heterocycles. The molecule has 22 heavy (non-hydrogen) atoms. The van der Waals surface area contributed by atoms with Crippen molar-refractivity contribution in [3.05, 3.63) is 36.2 Å². The summed E-state index contributed by atoms with van der Waals surface area (Å²) in [7, 11) is 0. The average molecular weight is 299 g/mol. The fourth-order valence-corrected chi connectivity index (χ4v) is 2.82. The first-order valence-corrected chi connectivity index (χ1v) is 7.90. The number of amides is 1. The summed E-state index contributed by atoms with van der Waals surface area (Å²) < 4.78 is 5.37. The molecule has 1 aromatic carbocycles. The van der Waals surface area contributed by atoms with Crippen molar-refractivity contribution in [2.24, 2.45) is 5.92 Å². The van der Waals surface area contributed by atoms with Gasteiger partial charge in [-0.05, 0) is 12.8 Å². The Morgan fingerprint density at radius 1 is 1.27 bits per heavy atom. The number of rotatable bonds is 5. The summed E-state index contributed by atoms with van der Waals surface area (Å²) in [4.78, 5) is 18.6. The van der Waals surface area contributed by atoms with Crippen LogP contribution in [0.5, 0.6) is 0 Å². The predicted octanol–water partition coefficient (Wildman–Crippen LogP) is 3.10. The molecule has 3 rings (SSSR count). The summed E-state index contributed by atoms with van der Waals surface area (Å²) in [5.74, 6) is 1.81. The van der Waals surface area contributed by atoms with Gasteiger partial charge in [-0.2, -0.15) is 4.98 Å². The number of carbonyl (C=O) groups excluding carboxylic acids is 1. The molecule has 116 valence electrons. The van der Waals surface area contributed by atoms with E-state index in [0.29, 0.717) is 24.8 Å². The zero-order chi connectivity index (χ0) is 15.5. The first-order chi connectivity index (χ1) is 10.7. The summed E-state index contributed by atoms with van der Waals surface area (Å²) in [5, 5.41) is 4.04. The highest BCUT2D eigenvalue weighted by atomic mass is 16.5. The van der Waals surface area contributed by atoms with E-state index in [9.17, 15) is 4.79 Å². The monoisotopic (exact) mass is 299 g/mol. The number of benzene rings is 1. The van der Waals surface area contributed by atoms with Gasteiger partial charge in [0.15, 0.2) is 0 Å². The second-order valence-corrected chi connectivity index (χ2v) is 5.78. The quantitative estimate of drug-likeness (QED) is 0.851. The van der Waals surface area contributed by atoms with Gasteiger partial charge in [0.1, 0.15) is 0 Å². The fourth-order valence-electron chi connectivity index (χ4n) is 2.82. The molecule has 0 unspecified atom stereocenters. The Balaban J connectivity index is 1.62. The number of carbonyl (C=O) groups is 1. The molecule has 1 saturated heterocycles. The smallest absolute Gasteiger partial charge is 0.233 e. The van der Waals surface area contributed by atoms with Crippen molar-refractivity contribution >= 4 is 5.91 Å². The minimum absolute atomic E-state index is 0.142. The Morgan fingerprint density at radius 3 is 2.59 bits per heavy atom. The van der Waals surface area contributed by atoms with Crippen molar-refractivity contribution in [1.82, 2.24) is 15.0 Å². The number of likely N-dealkylation sites (tertiary alicyclic amines) is 1. The number of hydrogen-bond donors (Lipinski definition) is 0. The highest BCUT2D eigenvalue weighted by Gasteiger charge is 2.37. The van der Waals surface area contributed by atoms with Gasteiger partial charge in [0, 0.05) is 24.6 Å². The van der Waals surface area contributed by atoms with Crippen LogP contribution in [0.1, 0.15) is 38.5 Å². The van der Waals surface area contributed by atoms with Gasteiger partial charge in [-0.1, -0.05) is 49.3 Å². The highest BCUT2D eigenvalue weighted by Crippen LogP contribution is 2.29. The largest absolute Gasteiger partial charge is 0.341 e. The van der Waals surface area contributed by atoms with Gasteiger partial charge in [-0.3, -0.25) is 4.79 Å². The van der Waals surface area contributed by atoms with Crippen LogP contribution in [0.4, 0.5) is 0 Å². The normalized spacial score (nSPS) is 15.1. The van der Waals surface area contributed by atoms with E-state index < -0.39 is 0 Å². The van der Waals surface area contributed by atoms with Gasteiger partial charge in [0.05, 0.1) is 5.92 Å². The molecule has 0 radical (unpaired) electrons. The van der Waals surface area contributed by atoms with Crippen molar-refractivity contribution in [1.29, 1.82) is 0 Å². The van der Waals surface area contributed by atoms with Crippen molar-refractivity contribution in [2.75, 3.05) is 13.1 Å². The topological polar surface area (TPSA) is 59.2 Å². The molecule has 2 aromatic rings. The molecule has 0 aliphatic carbocycles. The molecule has 0 spiro atoms. The summed E-state index contributed by atoms with van der Waals surface area (Å²) in [6.07, 6.45) is 1.80. The van der Waals surface area contributed by atoms with E-state index in [4.69, 9.17) is 4.52 Å². The minimum atomic E-state index is 0.142. The average Bonchev–Trinajstić information content (AvgIpc) is 2.97. The van der Waals surface area contributed by atoms with Gasteiger partial charge in [0.2, 0.25) is 17.6 Å². The Morgan fingerprint density at radius 2 is 1.95 bits per heavy atom. The number of hydrogen-bond acceptors (Lipinski definition) is 4. The molecular formula is C17H21N3O2. The zero-order valence-corrected chi connectivity index (χ0v) is 13.0. The van der Waals surface area contributed by atoms with Crippen LogP contribution in [0.2, 0.25) is 0 Å². The molecule has 1 aliphatic heterocycles. The Hall–Kier alpha value is -2.17. The third kappa shape index (κ3) is 2.75. The maximum atomic E-state index is 12.3. The summed E-state index contributed by atoms with van der Waals surface area (Å²) in [6.45, 7) is 5.50. The van der Waals surface area contributed by atoms with Gasteiger partial charge < -0.3 is 9.42 Å². The molecule has 0 bridgehead atoms. The van der Waals surface area contributed by atoms with E-state index in [1.165, 1.54) is 0 Å². The van der Waals surface area contributed by atoms with Crippen LogP contribution in [0.25, 0.3) is 11.4 Å². The molecule has 0 N–H and O–H groups in total. The van der Waals surface area contributed by atoms with Crippen molar-refractivity contribution in [2.45, 2.75) is 32.6 Å². The first kappa shape index (κ1) is 14.8. The highest BCUT2D eigenvalue weighted by molar-refractivity contribution is 5.79. The van der Waals surface area contributed by atoms with Crippen molar-refractivity contribution < 1.29 is 9.32 Å². The predicted molar refractivity (Wildman–Crippen MR) is 83.1 cm³/mol. The Kier molecular flexibility index (Phi) is 4.22. The molecule has 1 amide bonds. The zero-order valence-electron chi connectivity index (χ0n) is 13.0. The first-order valence-electron chi connectivity index (χ1n) is 7.90. The van der Waals surface area contributed by atoms with Crippen LogP contribution in [-0.4, -0.2) is 34.0 Å². The molecule has 5 heteroatoms. The maximum Gasteiger partial charge on any atom is 0.233 e. The number of aromatic nitrogens is 2. The standard InChI is InChI=1S/C17H21N3O2/c1-3-12(4-2)17(21)20-10-14(11-20)16-18-15(19-22-16)13-8-6-5-7-9-13/h5-9,12,14H,3-4,10-11H2,1-2H3. The SMILES string of the molecule is CCC(CC)C(=O)N1CC(c2nc(-c3ccccc3)no2)C1. The second-order valence-electron chi connectivity index (χ2n) is 5.78. The molecule has 2 heterocycles. The van der Waals surface area contributed by atoms with E-state index in [1.807, 2.05) is 35.2 Å². The summed E-state index contributed by atoms with van der Waals surface area (Å²) in [5.41, 5.74) is 0.946. The molecule has 1 fully saturated rings. The minimum Gasteiger partial charge on any atom is -0.341 e. The van der Waals surface area contributed by atoms with Gasteiger partial charge in [-0.15, -0.1) is 0 Å². The second kappa shape index (κ2) is 6.30. The van der Waals surface area contributed by atoms with Crippen LogP contribution >= 0.6 is 0 Å². The number of nitrogens with zero attached hydrogens (tertiary/aromatic N) is 3. The fraction of sp³-hybridized carbons (Fsp3) is 0.471. The van der Waals surface area contributed by atoms with E-state index in [1.54, 1.807) is 0 Å². The van der Waals surface area contributed by atoms with Crippen LogP contribution in [0.3, 0.4) is 0 Å². The Labute approximate surface area is 130 Å². The third-order valence-electron chi connectivity index (χ3n) is 4.35. The molecule has 0 atom stereocenters. The summed E-state index contributed by atoms with van der Waals surface area (Å²) in [6, 6.07) is 9.77. The van der Waals surface area contributed by atoms with Crippen molar-refractivity contribution in [3.8, 4) is 11.4 Å². The lowest BCUT2D eigenvalue weighted by molar-refractivity contribution is -0.140. The lowest BCUT2D eigenvalue weighted by atomic mass is 9.94. The van der Waals surface area contributed by atoms with Gasteiger partial charge in [0.25, 0.3) is 0 Å². The van der Waals surface area contributed by atoms with Crippen LogP contribution in [-0.2, 0) is 4.79 Å². The maximum absolute atomic E-state index is 12.3. The van der Waals surface area contributed by atoms with Gasteiger partial charge in [-0.25, -0.2) is 0 Å². The van der Waals surface area contributed by atoms with Crippen LogP contribution < -0.4 is 0 Å². The summed E-state index contributed by atoms with van der Waals surface area (Å²) >= 11 is 0. The Bertz CT molecular complexity index is 628. The van der Waals surface area contributed by atoms with E-state index >= 15 is 0 Å². The van der Waals surface area contributed by atoms with E-state index in [0.717, 1.165) is 18.4 Å². The van der Waals surface area contributed by atoms with Crippen molar-refractivity contribution in [3.63, 3.8) is 0 Å².